The molecule has 0 heterocycles. The van der Waals surface area contributed by atoms with Crippen molar-refractivity contribution >= 4 is 35.1 Å². The van der Waals surface area contributed by atoms with E-state index in [1.165, 1.54) is 0 Å². The number of fused-ring (bicyclic) bond motifs is 2. The van der Waals surface area contributed by atoms with Crippen LogP contribution in [0.25, 0.3) is 0 Å². The molecule has 0 aliphatic heterocycles. The number of benzene rings is 2. The second-order valence-electron chi connectivity index (χ2n) is 7.32. The Morgan fingerprint density at radius 2 is 1.07 bits per heavy atom. The zero-order valence-electron chi connectivity index (χ0n) is 16.8. The number of ketones is 2. The molecule has 0 amide bonds. The summed E-state index contributed by atoms with van der Waals surface area (Å²) in [7, 11) is 8.12. The molecule has 4 nitrogen and oxygen atoms in total. The molecule has 0 atom stereocenters. The van der Waals surface area contributed by atoms with Crippen molar-refractivity contribution in [2.75, 3.05) is 52.8 Å². The molecule has 148 valence electrons. The Morgan fingerprint density at radius 3 is 1.43 bits per heavy atom. The lowest BCUT2D eigenvalue weighted by Gasteiger charge is -2.22. The van der Waals surface area contributed by atoms with Gasteiger partial charge in [-0.15, -0.1) is 23.5 Å². The number of carbonyl (C=O) groups is 2. The molecule has 0 aromatic heterocycles. The Kier molecular flexibility index (Phi) is 6.99. The molecule has 0 spiro atoms. The zero-order chi connectivity index (χ0) is 20.3. The molecule has 0 bridgehead atoms. The molecule has 0 unspecified atom stereocenters. The molecule has 2 aromatic rings. The van der Waals surface area contributed by atoms with Crippen molar-refractivity contribution < 1.29 is 9.59 Å². The van der Waals surface area contributed by atoms with Gasteiger partial charge in [-0.1, -0.05) is 24.3 Å². The minimum atomic E-state index is -0.0346. The lowest BCUT2D eigenvalue weighted by atomic mass is 9.84. The molecule has 2 aromatic carbocycles. The fourth-order valence-corrected chi connectivity index (χ4v) is 5.49. The summed E-state index contributed by atoms with van der Waals surface area (Å²) in [5.41, 5.74) is 2.21. The molecule has 0 radical (unpaired) electrons. The highest BCUT2D eigenvalue weighted by atomic mass is 32.2. The number of nitrogens with zero attached hydrogens (tertiary/aromatic N) is 2. The van der Waals surface area contributed by atoms with E-state index < -0.39 is 0 Å². The molecule has 0 saturated heterocycles. The number of hydrogen-bond donors (Lipinski definition) is 0. The number of carbonyl (C=O) groups excluding carboxylic acids is 2. The van der Waals surface area contributed by atoms with Crippen molar-refractivity contribution in [1.82, 2.24) is 9.80 Å². The average Bonchev–Trinajstić information content (AvgIpc) is 2.65. The van der Waals surface area contributed by atoms with Crippen LogP contribution in [0.1, 0.15) is 31.8 Å². The van der Waals surface area contributed by atoms with E-state index in [4.69, 9.17) is 0 Å². The van der Waals surface area contributed by atoms with Gasteiger partial charge in [-0.2, -0.15) is 0 Å². The molecular formula is C22H26N2O2S2. The number of rotatable bonds is 8. The Bertz CT molecular complexity index is 821. The van der Waals surface area contributed by atoms with Crippen LogP contribution in [0, 0.1) is 0 Å². The Balaban J connectivity index is 1.94. The molecule has 6 heteroatoms. The van der Waals surface area contributed by atoms with E-state index in [0.717, 1.165) is 34.4 Å². The van der Waals surface area contributed by atoms with Crippen LogP contribution in [0.2, 0.25) is 0 Å². The summed E-state index contributed by atoms with van der Waals surface area (Å²) in [4.78, 5) is 32.6. The fourth-order valence-electron chi connectivity index (χ4n) is 3.10. The van der Waals surface area contributed by atoms with E-state index in [1.54, 1.807) is 35.7 Å². The Hall–Kier alpha value is -1.60. The first kappa shape index (κ1) is 21.1. The summed E-state index contributed by atoms with van der Waals surface area (Å²) >= 11 is 3.28. The Morgan fingerprint density at radius 1 is 0.679 bits per heavy atom. The summed E-state index contributed by atoms with van der Waals surface area (Å²) in [5.74, 6) is 1.68. The fraction of sp³-hybridized carbons (Fsp3) is 0.364. The van der Waals surface area contributed by atoms with Gasteiger partial charge in [0.15, 0.2) is 11.6 Å². The van der Waals surface area contributed by atoms with Crippen LogP contribution in [0.4, 0.5) is 0 Å². The average molecular weight is 415 g/mol. The van der Waals surface area contributed by atoms with Crippen LogP contribution in [0.3, 0.4) is 0 Å². The maximum atomic E-state index is 13.3. The maximum Gasteiger partial charge on any atom is 0.195 e. The van der Waals surface area contributed by atoms with Gasteiger partial charge < -0.3 is 9.80 Å². The molecule has 0 saturated carbocycles. The second kappa shape index (κ2) is 9.27. The van der Waals surface area contributed by atoms with Crippen LogP contribution < -0.4 is 0 Å². The third-order valence-electron chi connectivity index (χ3n) is 4.59. The predicted octanol–water partition coefficient (Wildman–Crippen LogP) is 3.77. The highest BCUT2D eigenvalue weighted by Crippen LogP contribution is 2.37. The first-order valence-corrected chi connectivity index (χ1v) is 11.3. The van der Waals surface area contributed by atoms with E-state index in [9.17, 15) is 9.59 Å². The van der Waals surface area contributed by atoms with E-state index in [2.05, 4.69) is 9.80 Å². The topological polar surface area (TPSA) is 40.6 Å². The quantitative estimate of drug-likeness (QED) is 0.523. The van der Waals surface area contributed by atoms with Crippen LogP contribution in [0.5, 0.6) is 0 Å². The zero-order valence-corrected chi connectivity index (χ0v) is 18.5. The number of thioether (sulfide) groups is 2. The minimum Gasteiger partial charge on any atom is -0.309 e. The normalized spacial score (nSPS) is 13.2. The van der Waals surface area contributed by atoms with Gasteiger partial charge in [0.1, 0.15) is 0 Å². The van der Waals surface area contributed by atoms with Gasteiger partial charge in [0, 0.05) is 56.6 Å². The van der Waals surface area contributed by atoms with E-state index in [-0.39, 0.29) is 11.6 Å². The lowest BCUT2D eigenvalue weighted by molar-refractivity contribution is 0.0974. The van der Waals surface area contributed by atoms with Crippen molar-refractivity contribution in [2.45, 2.75) is 9.79 Å². The van der Waals surface area contributed by atoms with Crippen molar-refractivity contribution in [3.63, 3.8) is 0 Å². The monoisotopic (exact) mass is 414 g/mol. The summed E-state index contributed by atoms with van der Waals surface area (Å²) in [6, 6.07) is 11.2. The van der Waals surface area contributed by atoms with Gasteiger partial charge in [-0.25, -0.2) is 0 Å². The highest BCUT2D eigenvalue weighted by Gasteiger charge is 2.33. The van der Waals surface area contributed by atoms with Gasteiger partial charge >= 0.3 is 0 Å². The van der Waals surface area contributed by atoms with Gasteiger partial charge in [-0.3, -0.25) is 9.59 Å². The summed E-state index contributed by atoms with van der Waals surface area (Å²) in [6.45, 7) is 1.83. The van der Waals surface area contributed by atoms with Gasteiger partial charge in [0.2, 0.25) is 0 Å². The van der Waals surface area contributed by atoms with E-state index >= 15 is 0 Å². The molecule has 0 fully saturated rings. The third-order valence-corrected chi connectivity index (χ3v) is 6.66. The first-order valence-electron chi connectivity index (χ1n) is 9.30. The standard InChI is InChI=1S/C22H26N2O2S2/c1-23(2)11-13-27-17-9-5-7-15-19(17)21(25)16-8-6-10-18(20(16)22(15)26)28-14-12-24(3)4/h5-10H,11-14H2,1-4H3. The summed E-state index contributed by atoms with van der Waals surface area (Å²) < 4.78 is 0. The van der Waals surface area contributed by atoms with Gasteiger partial charge in [-0.05, 0) is 40.3 Å². The largest absolute Gasteiger partial charge is 0.309 e. The van der Waals surface area contributed by atoms with Crippen LogP contribution in [-0.4, -0.2) is 74.2 Å². The van der Waals surface area contributed by atoms with Crippen LogP contribution in [-0.2, 0) is 0 Å². The highest BCUT2D eigenvalue weighted by molar-refractivity contribution is 7.99. The molecule has 3 rings (SSSR count). The summed E-state index contributed by atoms with van der Waals surface area (Å²) in [6.07, 6.45) is 0. The first-order chi connectivity index (χ1) is 13.4. The van der Waals surface area contributed by atoms with Crippen molar-refractivity contribution in [2.24, 2.45) is 0 Å². The molecule has 0 N–H and O–H groups in total. The van der Waals surface area contributed by atoms with Gasteiger partial charge in [0.05, 0.1) is 0 Å². The molecule has 1 aliphatic carbocycles. The van der Waals surface area contributed by atoms with E-state index in [0.29, 0.717) is 22.3 Å². The van der Waals surface area contributed by atoms with Crippen LogP contribution in [0.15, 0.2) is 46.2 Å². The third kappa shape index (κ3) is 4.51. The van der Waals surface area contributed by atoms with Gasteiger partial charge in [0.25, 0.3) is 0 Å². The molecule has 1 aliphatic rings. The smallest absolute Gasteiger partial charge is 0.195 e. The Labute approximate surface area is 175 Å². The number of hydrogen-bond acceptors (Lipinski definition) is 6. The summed E-state index contributed by atoms with van der Waals surface area (Å²) in [5, 5.41) is 0. The lowest BCUT2D eigenvalue weighted by Crippen LogP contribution is -2.23. The van der Waals surface area contributed by atoms with Crippen LogP contribution >= 0.6 is 23.5 Å². The SMILES string of the molecule is CN(C)CCSc1cccc2c1C(=O)c1cccc(SCCN(C)C)c1C2=O. The van der Waals surface area contributed by atoms with Crippen molar-refractivity contribution in [3.05, 3.63) is 58.7 Å². The van der Waals surface area contributed by atoms with E-state index in [1.807, 2.05) is 52.5 Å². The van der Waals surface area contributed by atoms with Crippen molar-refractivity contribution in [1.29, 1.82) is 0 Å². The molecular weight excluding hydrogens is 388 g/mol. The predicted molar refractivity (Wildman–Crippen MR) is 118 cm³/mol. The van der Waals surface area contributed by atoms with Crippen molar-refractivity contribution in [3.8, 4) is 0 Å². The minimum absolute atomic E-state index is 0.0346. The molecule has 28 heavy (non-hydrogen) atoms. The second-order valence-corrected chi connectivity index (χ2v) is 9.59. The maximum absolute atomic E-state index is 13.3.